The molecule has 0 saturated heterocycles. The summed E-state index contributed by atoms with van der Waals surface area (Å²) in [4.78, 5) is 15.4. The second-order valence-electron chi connectivity index (χ2n) is 4.60. The molecule has 0 spiro atoms. The molecule has 0 saturated carbocycles. The third-order valence-corrected chi connectivity index (χ3v) is 3.40. The lowest BCUT2D eigenvalue weighted by molar-refractivity contribution is 0.0604. The normalized spacial score (nSPS) is 10.3. The van der Waals surface area contributed by atoms with Crippen LogP contribution in [0.4, 0.5) is 0 Å². The van der Waals surface area contributed by atoms with Gasteiger partial charge in [0.1, 0.15) is 0 Å². The van der Waals surface area contributed by atoms with Gasteiger partial charge in [0.15, 0.2) is 0 Å². The van der Waals surface area contributed by atoms with Crippen LogP contribution in [0.2, 0.25) is 0 Å². The molecule has 0 aliphatic rings. The lowest BCUT2D eigenvalue weighted by Crippen LogP contribution is -2.02. The summed E-state index contributed by atoms with van der Waals surface area (Å²) in [5.74, 6) is -0.383. The van der Waals surface area contributed by atoms with E-state index in [0.29, 0.717) is 16.8 Å². The average molecular weight is 276 g/mol. The lowest BCUT2D eigenvalue weighted by atomic mass is 10.0. The number of carbonyl (C=O) groups is 1. The van der Waals surface area contributed by atoms with E-state index in [1.807, 2.05) is 36.4 Å². The van der Waals surface area contributed by atoms with Gasteiger partial charge in [0.2, 0.25) is 0 Å². The number of hydrogen-bond donors (Lipinski definition) is 1. The molecule has 0 fully saturated rings. The number of nitriles is 1. The molecule has 0 unspecified atom stereocenters. The maximum atomic E-state index is 12.1. The van der Waals surface area contributed by atoms with Gasteiger partial charge in [-0.25, -0.2) is 4.79 Å². The van der Waals surface area contributed by atoms with Crippen molar-refractivity contribution in [3.63, 3.8) is 0 Å². The lowest BCUT2D eigenvalue weighted by Gasteiger charge is -2.03. The van der Waals surface area contributed by atoms with Gasteiger partial charge in [0, 0.05) is 10.9 Å². The number of hydrogen-bond acceptors (Lipinski definition) is 3. The van der Waals surface area contributed by atoms with Crippen LogP contribution < -0.4 is 0 Å². The Labute approximate surface area is 121 Å². The fourth-order valence-corrected chi connectivity index (χ4v) is 2.38. The van der Waals surface area contributed by atoms with Crippen molar-refractivity contribution in [2.45, 2.75) is 0 Å². The molecule has 0 bridgehead atoms. The first-order chi connectivity index (χ1) is 10.2. The van der Waals surface area contributed by atoms with Crippen LogP contribution in [-0.2, 0) is 4.74 Å². The van der Waals surface area contributed by atoms with E-state index < -0.39 is 0 Å². The number of H-pyrrole nitrogens is 1. The summed E-state index contributed by atoms with van der Waals surface area (Å²) in [6.45, 7) is 0. The monoisotopic (exact) mass is 276 g/mol. The number of ether oxygens (including phenoxy) is 1. The zero-order valence-electron chi connectivity index (χ0n) is 11.4. The molecule has 1 N–H and O–H groups in total. The van der Waals surface area contributed by atoms with Crippen LogP contribution in [-0.4, -0.2) is 18.1 Å². The largest absolute Gasteiger partial charge is 0.465 e. The molecule has 2 aromatic carbocycles. The zero-order valence-corrected chi connectivity index (χ0v) is 11.4. The first-order valence-corrected chi connectivity index (χ1v) is 6.44. The summed E-state index contributed by atoms with van der Waals surface area (Å²) in [5.41, 5.74) is 3.50. The summed E-state index contributed by atoms with van der Waals surface area (Å²) in [6.07, 6.45) is 0. The Morgan fingerprint density at radius 2 is 1.86 bits per heavy atom. The van der Waals surface area contributed by atoms with Crippen molar-refractivity contribution < 1.29 is 9.53 Å². The highest BCUT2D eigenvalue weighted by Crippen LogP contribution is 2.30. The summed E-state index contributed by atoms with van der Waals surface area (Å²) in [6, 6.07) is 16.7. The number of fused-ring (bicyclic) bond motifs is 1. The molecular weight excluding hydrogens is 264 g/mol. The van der Waals surface area contributed by atoms with E-state index in [9.17, 15) is 4.79 Å². The molecule has 0 radical (unpaired) electrons. The Kier molecular flexibility index (Phi) is 3.17. The molecular formula is C17H12N2O2. The van der Waals surface area contributed by atoms with Gasteiger partial charge < -0.3 is 9.72 Å². The van der Waals surface area contributed by atoms with Gasteiger partial charge in [0.25, 0.3) is 0 Å². The number of para-hydroxylation sites is 1. The Morgan fingerprint density at radius 1 is 1.14 bits per heavy atom. The second kappa shape index (κ2) is 5.14. The quantitative estimate of drug-likeness (QED) is 0.728. The van der Waals surface area contributed by atoms with Gasteiger partial charge >= 0.3 is 5.97 Å². The summed E-state index contributed by atoms with van der Waals surface area (Å²) < 4.78 is 4.90. The molecule has 0 atom stereocenters. The third-order valence-electron chi connectivity index (χ3n) is 3.40. The van der Waals surface area contributed by atoms with E-state index in [-0.39, 0.29) is 5.97 Å². The Bertz CT molecular complexity index is 855. The molecule has 21 heavy (non-hydrogen) atoms. The molecule has 102 valence electrons. The van der Waals surface area contributed by atoms with Crippen LogP contribution in [0, 0.1) is 11.3 Å². The number of aromatic amines is 1. The van der Waals surface area contributed by atoms with Crippen molar-refractivity contribution in [2.75, 3.05) is 7.11 Å². The van der Waals surface area contributed by atoms with Crippen LogP contribution in [0.1, 0.15) is 15.9 Å². The van der Waals surface area contributed by atoms with Crippen LogP contribution >= 0.6 is 0 Å². The molecule has 0 aliphatic heterocycles. The Morgan fingerprint density at radius 3 is 2.52 bits per heavy atom. The Balaban J connectivity index is 2.25. The van der Waals surface area contributed by atoms with Crippen molar-refractivity contribution in [1.82, 2.24) is 4.98 Å². The number of aromatic nitrogens is 1. The molecule has 0 aliphatic carbocycles. The minimum Gasteiger partial charge on any atom is -0.465 e. The number of nitrogens with one attached hydrogen (secondary N) is 1. The van der Waals surface area contributed by atoms with Gasteiger partial charge in [0.05, 0.1) is 30.0 Å². The number of nitrogens with zero attached hydrogens (tertiary/aromatic N) is 1. The fraction of sp³-hybridized carbons (Fsp3) is 0.0588. The van der Waals surface area contributed by atoms with Gasteiger partial charge in [-0.3, -0.25) is 0 Å². The van der Waals surface area contributed by atoms with E-state index >= 15 is 0 Å². The SMILES string of the molecule is COC(=O)c1c(-c2ccc(C#N)cc2)[nH]c2ccccc12. The number of methoxy groups -OCH3 is 1. The third kappa shape index (κ3) is 2.15. The van der Waals surface area contributed by atoms with E-state index in [0.717, 1.165) is 16.5 Å². The maximum absolute atomic E-state index is 12.1. The predicted molar refractivity (Wildman–Crippen MR) is 79.8 cm³/mol. The minimum atomic E-state index is -0.383. The van der Waals surface area contributed by atoms with Crippen molar-refractivity contribution >= 4 is 16.9 Å². The predicted octanol–water partition coefficient (Wildman–Crippen LogP) is 3.49. The van der Waals surface area contributed by atoms with Crippen molar-refractivity contribution in [3.05, 3.63) is 59.7 Å². The standard InChI is InChI=1S/C17H12N2O2/c1-21-17(20)15-13-4-2-3-5-14(13)19-16(15)12-8-6-11(10-18)7-9-12/h2-9,19H,1H3. The highest BCUT2D eigenvalue weighted by atomic mass is 16.5. The van der Waals surface area contributed by atoms with E-state index in [1.165, 1.54) is 7.11 Å². The van der Waals surface area contributed by atoms with E-state index in [2.05, 4.69) is 11.1 Å². The highest BCUT2D eigenvalue weighted by Gasteiger charge is 2.19. The van der Waals surface area contributed by atoms with Crippen LogP contribution in [0.25, 0.3) is 22.2 Å². The topological polar surface area (TPSA) is 65.9 Å². The maximum Gasteiger partial charge on any atom is 0.340 e. The molecule has 1 heterocycles. The van der Waals surface area contributed by atoms with Gasteiger partial charge in [-0.1, -0.05) is 30.3 Å². The molecule has 3 rings (SSSR count). The first-order valence-electron chi connectivity index (χ1n) is 6.44. The van der Waals surface area contributed by atoms with Gasteiger partial charge in [-0.05, 0) is 23.8 Å². The molecule has 4 nitrogen and oxygen atoms in total. The number of benzene rings is 2. The minimum absolute atomic E-state index is 0.383. The number of rotatable bonds is 2. The Hall–Kier alpha value is -3.06. The fourth-order valence-electron chi connectivity index (χ4n) is 2.38. The summed E-state index contributed by atoms with van der Waals surface area (Å²) >= 11 is 0. The molecule has 3 aromatic rings. The molecule has 1 aromatic heterocycles. The number of esters is 1. The van der Waals surface area contributed by atoms with Crippen molar-refractivity contribution in [3.8, 4) is 17.3 Å². The van der Waals surface area contributed by atoms with Crippen molar-refractivity contribution in [2.24, 2.45) is 0 Å². The average Bonchev–Trinajstić information content (AvgIpc) is 2.93. The summed E-state index contributed by atoms with van der Waals surface area (Å²) in [7, 11) is 1.37. The number of carbonyl (C=O) groups excluding carboxylic acids is 1. The van der Waals surface area contributed by atoms with Crippen LogP contribution in [0.5, 0.6) is 0 Å². The van der Waals surface area contributed by atoms with Crippen LogP contribution in [0.15, 0.2) is 48.5 Å². The van der Waals surface area contributed by atoms with Crippen LogP contribution in [0.3, 0.4) is 0 Å². The van der Waals surface area contributed by atoms with E-state index in [1.54, 1.807) is 12.1 Å². The zero-order chi connectivity index (χ0) is 14.8. The summed E-state index contributed by atoms with van der Waals surface area (Å²) in [5, 5.41) is 9.69. The smallest absolute Gasteiger partial charge is 0.340 e. The highest BCUT2D eigenvalue weighted by molar-refractivity contribution is 6.10. The van der Waals surface area contributed by atoms with E-state index in [4.69, 9.17) is 10.00 Å². The first kappa shape index (κ1) is 12.9. The second-order valence-corrected chi connectivity index (χ2v) is 4.60. The molecule has 4 heteroatoms. The van der Waals surface area contributed by atoms with Gasteiger partial charge in [-0.2, -0.15) is 5.26 Å². The van der Waals surface area contributed by atoms with Gasteiger partial charge in [-0.15, -0.1) is 0 Å². The molecule has 0 amide bonds. The van der Waals surface area contributed by atoms with Crippen molar-refractivity contribution in [1.29, 1.82) is 5.26 Å².